The van der Waals surface area contributed by atoms with Gasteiger partial charge in [-0.2, -0.15) is 5.10 Å². The van der Waals surface area contributed by atoms with Crippen LogP contribution in [0.5, 0.6) is 0 Å². The molecule has 8 heteroatoms. The first-order valence-corrected chi connectivity index (χ1v) is 6.39. The molecule has 1 amide bonds. The fourth-order valence-corrected chi connectivity index (χ4v) is 2.01. The summed E-state index contributed by atoms with van der Waals surface area (Å²) in [6, 6.07) is 0.538. The van der Waals surface area contributed by atoms with Crippen LogP contribution >= 0.6 is 0 Å². The maximum atomic E-state index is 12.6. The van der Waals surface area contributed by atoms with E-state index in [1.54, 1.807) is 27.7 Å². The number of halogens is 2. The fraction of sp³-hybridized carbons (Fsp3) is 0.462. The third-order valence-electron chi connectivity index (χ3n) is 3.19. The van der Waals surface area contributed by atoms with Gasteiger partial charge in [-0.3, -0.25) is 9.48 Å². The number of aryl methyl sites for hydroxylation is 3. The number of rotatable bonds is 4. The minimum atomic E-state index is -2.66. The van der Waals surface area contributed by atoms with E-state index in [4.69, 9.17) is 4.52 Å². The van der Waals surface area contributed by atoms with Crippen molar-refractivity contribution in [1.82, 2.24) is 14.9 Å². The summed E-state index contributed by atoms with van der Waals surface area (Å²) in [5, 5.41) is 10.2. The molecule has 21 heavy (non-hydrogen) atoms. The van der Waals surface area contributed by atoms with Gasteiger partial charge in [0.05, 0.1) is 0 Å². The van der Waals surface area contributed by atoms with Crippen molar-refractivity contribution < 1.29 is 18.1 Å². The van der Waals surface area contributed by atoms with Crippen LogP contribution in [0.3, 0.4) is 0 Å². The minimum absolute atomic E-state index is 0.343. The van der Waals surface area contributed by atoms with Crippen LogP contribution in [0.25, 0.3) is 0 Å². The predicted molar refractivity (Wildman–Crippen MR) is 71.2 cm³/mol. The molecule has 0 bridgehead atoms. The zero-order valence-corrected chi connectivity index (χ0v) is 12.1. The Hall–Kier alpha value is -2.25. The number of aromatic nitrogens is 3. The Bertz CT molecular complexity index is 644. The SMILES string of the molecule is Cc1noc(C)c1NC(=O)C(C)n1nc(C(F)F)cc1C. The lowest BCUT2D eigenvalue weighted by Crippen LogP contribution is -2.25. The van der Waals surface area contributed by atoms with Crippen molar-refractivity contribution in [2.75, 3.05) is 5.32 Å². The Balaban J connectivity index is 2.20. The van der Waals surface area contributed by atoms with E-state index in [1.807, 2.05) is 0 Å². The van der Waals surface area contributed by atoms with Crippen LogP contribution in [0.4, 0.5) is 14.5 Å². The first kappa shape index (κ1) is 15.1. The van der Waals surface area contributed by atoms with Crippen LogP contribution in [0, 0.1) is 20.8 Å². The largest absolute Gasteiger partial charge is 0.359 e. The Morgan fingerprint density at radius 2 is 2.05 bits per heavy atom. The lowest BCUT2D eigenvalue weighted by Gasteiger charge is -2.14. The molecule has 0 radical (unpaired) electrons. The zero-order valence-electron chi connectivity index (χ0n) is 12.1. The van der Waals surface area contributed by atoms with Crippen molar-refractivity contribution in [3.8, 4) is 0 Å². The Kier molecular flexibility index (Phi) is 4.06. The maximum Gasteiger partial charge on any atom is 0.282 e. The quantitative estimate of drug-likeness (QED) is 0.942. The summed E-state index contributed by atoms with van der Waals surface area (Å²) in [6.45, 7) is 6.58. The van der Waals surface area contributed by atoms with Gasteiger partial charge in [-0.15, -0.1) is 0 Å². The van der Waals surface area contributed by atoms with Crippen molar-refractivity contribution in [3.63, 3.8) is 0 Å². The Morgan fingerprint density at radius 3 is 2.52 bits per heavy atom. The highest BCUT2D eigenvalue weighted by Crippen LogP contribution is 2.23. The van der Waals surface area contributed by atoms with Crippen molar-refractivity contribution >= 4 is 11.6 Å². The average molecular weight is 298 g/mol. The van der Waals surface area contributed by atoms with E-state index in [0.717, 1.165) is 0 Å². The van der Waals surface area contributed by atoms with Crippen LogP contribution in [0.2, 0.25) is 0 Å². The van der Waals surface area contributed by atoms with Crippen molar-refractivity contribution in [3.05, 3.63) is 28.9 Å². The van der Waals surface area contributed by atoms with Gasteiger partial charge in [0.1, 0.15) is 23.1 Å². The number of hydrogen-bond donors (Lipinski definition) is 1. The monoisotopic (exact) mass is 298 g/mol. The standard InChI is InChI=1S/C13H16F2N4O2/c1-6-5-10(12(14)15)17-19(6)8(3)13(20)16-11-7(2)18-21-9(11)4/h5,8,12H,1-4H3,(H,16,20). The highest BCUT2D eigenvalue weighted by molar-refractivity contribution is 5.94. The molecule has 6 nitrogen and oxygen atoms in total. The second-order valence-corrected chi connectivity index (χ2v) is 4.82. The van der Waals surface area contributed by atoms with Crippen LogP contribution in [-0.2, 0) is 4.79 Å². The Labute approximate surface area is 120 Å². The highest BCUT2D eigenvalue weighted by atomic mass is 19.3. The lowest BCUT2D eigenvalue weighted by atomic mass is 10.2. The molecular formula is C13H16F2N4O2. The molecule has 0 aromatic carbocycles. The number of nitrogens with zero attached hydrogens (tertiary/aromatic N) is 3. The second kappa shape index (κ2) is 5.63. The number of hydrogen-bond acceptors (Lipinski definition) is 4. The first-order valence-electron chi connectivity index (χ1n) is 6.39. The van der Waals surface area contributed by atoms with E-state index in [0.29, 0.717) is 22.8 Å². The van der Waals surface area contributed by atoms with Crippen LogP contribution in [-0.4, -0.2) is 20.8 Å². The fourth-order valence-electron chi connectivity index (χ4n) is 2.01. The molecule has 1 atom stereocenters. The Morgan fingerprint density at radius 1 is 1.38 bits per heavy atom. The van der Waals surface area contributed by atoms with Gasteiger partial charge in [-0.05, 0) is 33.8 Å². The molecule has 0 aliphatic heterocycles. The molecule has 0 fully saturated rings. The zero-order chi connectivity index (χ0) is 15.7. The molecule has 0 saturated carbocycles. The maximum absolute atomic E-state index is 12.6. The molecule has 2 aromatic rings. The van der Waals surface area contributed by atoms with E-state index in [-0.39, 0.29) is 11.6 Å². The number of carbonyl (C=O) groups is 1. The third-order valence-corrected chi connectivity index (χ3v) is 3.19. The van der Waals surface area contributed by atoms with E-state index in [9.17, 15) is 13.6 Å². The molecule has 114 valence electrons. The molecule has 0 aliphatic carbocycles. The molecule has 0 spiro atoms. The summed E-state index contributed by atoms with van der Waals surface area (Å²) >= 11 is 0. The summed E-state index contributed by atoms with van der Waals surface area (Å²) in [5.41, 5.74) is 1.19. The first-order chi connectivity index (χ1) is 9.81. The van der Waals surface area contributed by atoms with Crippen LogP contribution in [0.1, 0.15) is 42.2 Å². The minimum Gasteiger partial charge on any atom is -0.359 e. The van der Waals surface area contributed by atoms with Gasteiger partial charge >= 0.3 is 0 Å². The highest BCUT2D eigenvalue weighted by Gasteiger charge is 2.23. The van der Waals surface area contributed by atoms with E-state index in [2.05, 4.69) is 15.6 Å². The molecule has 2 aromatic heterocycles. The molecule has 1 N–H and O–H groups in total. The number of alkyl halides is 2. The van der Waals surface area contributed by atoms with Gasteiger partial charge in [0, 0.05) is 5.69 Å². The van der Waals surface area contributed by atoms with E-state index in [1.165, 1.54) is 10.7 Å². The number of anilines is 1. The molecule has 2 heterocycles. The average Bonchev–Trinajstić information content (AvgIpc) is 2.95. The van der Waals surface area contributed by atoms with Crippen LogP contribution < -0.4 is 5.32 Å². The smallest absolute Gasteiger partial charge is 0.282 e. The van der Waals surface area contributed by atoms with Gasteiger partial charge in [0.2, 0.25) is 5.91 Å². The molecule has 0 aliphatic rings. The summed E-state index contributed by atoms with van der Waals surface area (Å²) < 4.78 is 31.5. The normalized spacial score (nSPS) is 12.7. The summed E-state index contributed by atoms with van der Waals surface area (Å²) in [5.74, 6) is 0.106. The molecular weight excluding hydrogens is 282 g/mol. The van der Waals surface area contributed by atoms with Crippen molar-refractivity contribution in [2.45, 2.75) is 40.2 Å². The van der Waals surface area contributed by atoms with Gasteiger partial charge < -0.3 is 9.84 Å². The number of amides is 1. The lowest BCUT2D eigenvalue weighted by molar-refractivity contribution is -0.119. The molecule has 1 unspecified atom stereocenters. The van der Waals surface area contributed by atoms with Gasteiger partial charge in [-0.1, -0.05) is 5.16 Å². The summed E-state index contributed by atoms with van der Waals surface area (Å²) in [4.78, 5) is 12.2. The topological polar surface area (TPSA) is 73.0 Å². The van der Waals surface area contributed by atoms with E-state index < -0.39 is 12.5 Å². The van der Waals surface area contributed by atoms with Gasteiger partial charge in [0.25, 0.3) is 6.43 Å². The van der Waals surface area contributed by atoms with Crippen molar-refractivity contribution in [1.29, 1.82) is 0 Å². The van der Waals surface area contributed by atoms with Gasteiger partial charge in [-0.25, -0.2) is 8.78 Å². The van der Waals surface area contributed by atoms with Gasteiger partial charge in [0.15, 0.2) is 5.76 Å². The number of nitrogens with one attached hydrogen (secondary N) is 1. The summed E-state index contributed by atoms with van der Waals surface area (Å²) in [6.07, 6.45) is -2.66. The van der Waals surface area contributed by atoms with Crippen molar-refractivity contribution in [2.24, 2.45) is 0 Å². The molecule has 0 saturated heterocycles. The summed E-state index contributed by atoms with van der Waals surface area (Å²) in [7, 11) is 0. The molecule has 2 rings (SSSR count). The second-order valence-electron chi connectivity index (χ2n) is 4.82. The number of carbonyl (C=O) groups excluding carboxylic acids is 1. The van der Waals surface area contributed by atoms with E-state index >= 15 is 0 Å². The predicted octanol–water partition coefficient (Wildman–Crippen LogP) is 2.93. The third kappa shape index (κ3) is 2.93. The van der Waals surface area contributed by atoms with Crippen LogP contribution in [0.15, 0.2) is 10.6 Å².